The van der Waals surface area contributed by atoms with E-state index in [4.69, 9.17) is 0 Å². The van der Waals surface area contributed by atoms with Gasteiger partial charge in [-0.2, -0.15) is 13.2 Å². The Labute approximate surface area is 155 Å². The third kappa shape index (κ3) is 5.53. The molecular weight excluding hydrogens is 359 g/mol. The largest absolute Gasteiger partial charge is 0.416 e. The molecule has 1 saturated heterocycles. The fraction of sp³-hybridized carbons (Fsp3) is 0.500. The van der Waals surface area contributed by atoms with Gasteiger partial charge in [-0.05, 0) is 43.5 Å². The number of rotatable bonds is 6. The van der Waals surface area contributed by atoms with E-state index in [9.17, 15) is 18.0 Å². The number of amides is 1. The minimum absolute atomic E-state index is 0.121. The van der Waals surface area contributed by atoms with Gasteiger partial charge < -0.3 is 10.6 Å². The Hall–Kier alpha value is -2.42. The van der Waals surface area contributed by atoms with E-state index in [0.717, 1.165) is 31.5 Å². The maximum absolute atomic E-state index is 12.5. The Kier molecular flexibility index (Phi) is 6.10. The molecule has 3 rings (SSSR count). The number of piperidine rings is 1. The normalized spacial score (nSPS) is 17.7. The molecule has 27 heavy (non-hydrogen) atoms. The lowest BCUT2D eigenvalue weighted by Gasteiger charge is -2.23. The predicted octanol–water partition coefficient (Wildman–Crippen LogP) is 2.76. The van der Waals surface area contributed by atoms with Gasteiger partial charge in [-0.1, -0.05) is 23.8 Å². The Morgan fingerprint density at radius 2 is 2.04 bits per heavy atom. The molecule has 1 aliphatic heterocycles. The van der Waals surface area contributed by atoms with Crippen LogP contribution in [0.3, 0.4) is 0 Å². The molecule has 1 amide bonds. The fourth-order valence-corrected chi connectivity index (χ4v) is 3.05. The molecule has 0 saturated carbocycles. The SMILES string of the molecule is O=C(NCc1ccc(C(F)(F)F)cc1)c1cn(CCC2CCCCN2)nn1. The van der Waals surface area contributed by atoms with Crippen molar-refractivity contribution in [3.8, 4) is 0 Å². The van der Waals surface area contributed by atoms with E-state index in [1.54, 1.807) is 10.9 Å². The van der Waals surface area contributed by atoms with Crippen molar-refractivity contribution in [3.63, 3.8) is 0 Å². The topological polar surface area (TPSA) is 71.8 Å². The highest BCUT2D eigenvalue weighted by Crippen LogP contribution is 2.29. The number of nitrogens with zero attached hydrogens (tertiary/aromatic N) is 3. The summed E-state index contributed by atoms with van der Waals surface area (Å²) in [5.41, 5.74) is 0.0543. The number of halogens is 3. The van der Waals surface area contributed by atoms with E-state index in [1.165, 1.54) is 25.0 Å². The molecule has 2 heterocycles. The second-order valence-electron chi connectivity index (χ2n) is 6.68. The van der Waals surface area contributed by atoms with Crippen molar-refractivity contribution in [2.75, 3.05) is 6.54 Å². The van der Waals surface area contributed by atoms with Crippen LogP contribution in [-0.2, 0) is 19.3 Å². The number of hydrogen-bond donors (Lipinski definition) is 2. The van der Waals surface area contributed by atoms with Gasteiger partial charge in [0.1, 0.15) is 0 Å². The lowest BCUT2D eigenvalue weighted by molar-refractivity contribution is -0.137. The molecule has 1 fully saturated rings. The molecule has 0 spiro atoms. The number of aromatic nitrogens is 3. The van der Waals surface area contributed by atoms with Gasteiger partial charge in [-0.25, -0.2) is 0 Å². The summed E-state index contributed by atoms with van der Waals surface area (Å²) in [6.07, 6.45) is 1.74. The van der Waals surface area contributed by atoms with E-state index in [1.807, 2.05) is 0 Å². The number of nitrogens with one attached hydrogen (secondary N) is 2. The van der Waals surface area contributed by atoms with Crippen LogP contribution in [0.25, 0.3) is 0 Å². The summed E-state index contributed by atoms with van der Waals surface area (Å²) < 4.78 is 39.3. The van der Waals surface area contributed by atoms with Gasteiger partial charge in [-0.15, -0.1) is 5.10 Å². The first-order valence-electron chi connectivity index (χ1n) is 8.99. The Morgan fingerprint density at radius 3 is 2.70 bits per heavy atom. The predicted molar refractivity (Wildman–Crippen MR) is 92.9 cm³/mol. The van der Waals surface area contributed by atoms with Gasteiger partial charge in [0, 0.05) is 19.1 Å². The van der Waals surface area contributed by atoms with Gasteiger partial charge in [-0.3, -0.25) is 9.48 Å². The minimum atomic E-state index is -4.37. The molecule has 6 nitrogen and oxygen atoms in total. The zero-order valence-corrected chi connectivity index (χ0v) is 14.8. The van der Waals surface area contributed by atoms with E-state index < -0.39 is 17.6 Å². The quantitative estimate of drug-likeness (QED) is 0.807. The van der Waals surface area contributed by atoms with E-state index in [-0.39, 0.29) is 12.2 Å². The summed E-state index contributed by atoms with van der Waals surface area (Å²) in [6, 6.07) is 5.16. The van der Waals surface area contributed by atoms with Crippen LogP contribution in [0.2, 0.25) is 0 Å². The smallest absolute Gasteiger partial charge is 0.347 e. The van der Waals surface area contributed by atoms with E-state index in [0.29, 0.717) is 18.2 Å². The summed E-state index contributed by atoms with van der Waals surface area (Å²) in [7, 11) is 0. The van der Waals surface area contributed by atoms with Crippen LogP contribution in [0.15, 0.2) is 30.5 Å². The summed E-state index contributed by atoms with van der Waals surface area (Å²) >= 11 is 0. The first-order valence-corrected chi connectivity index (χ1v) is 8.99. The van der Waals surface area contributed by atoms with Gasteiger partial charge in [0.25, 0.3) is 5.91 Å². The van der Waals surface area contributed by atoms with Crippen molar-refractivity contribution in [3.05, 3.63) is 47.3 Å². The van der Waals surface area contributed by atoms with Crippen molar-refractivity contribution in [2.24, 2.45) is 0 Å². The fourth-order valence-electron chi connectivity index (χ4n) is 3.05. The summed E-state index contributed by atoms with van der Waals surface area (Å²) in [4.78, 5) is 12.1. The van der Waals surface area contributed by atoms with E-state index in [2.05, 4.69) is 20.9 Å². The molecule has 1 atom stereocenters. The summed E-state index contributed by atoms with van der Waals surface area (Å²) in [5, 5.41) is 13.9. The molecule has 1 unspecified atom stereocenters. The second kappa shape index (κ2) is 8.51. The molecule has 2 aromatic rings. The molecule has 1 aliphatic rings. The van der Waals surface area contributed by atoms with Crippen LogP contribution in [-0.4, -0.2) is 33.5 Å². The molecule has 9 heteroatoms. The number of carbonyl (C=O) groups excluding carboxylic acids is 1. The third-order valence-corrected chi connectivity index (χ3v) is 4.62. The second-order valence-corrected chi connectivity index (χ2v) is 6.68. The van der Waals surface area contributed by atoms with Crippen molar-refractivity contribution >= 4 is 5.91 Å². The van der Waals surface area contributed by atoms with Crippen LogP contribution >= 0.6 is 0 Å². The summed E-state index contributed by atoms with van der Waals surface area (Å²) in [5.74, 6) is -0.406. The van der Waals surface area contributed by atoms with Gasteiger partial charge in [0.2, 0.25) is 0 Å². The van der Waals surface area contributed by atoms with Gasteiger partial charge in [0.05, 0.1) is 11.8 Å². The highest BCUT2D eigenvalue weighted by atomic mass is 19.4. The maximum atomic E-state index is 12.5. The van der Waals surface area contributed by atoms with Crippen molar-refractivity contribution in [2.45, 2.75) is 51.0 Å². The number of benzene rings is 1. The summed E-state index contributed by atoms with van der Waals surface area (Å²) in [6.45, 7) is 1.84. The lowest BCUT2D eigenvalue weighted by Crippen LogP contribution is -2.34. The van der Waals surface area contributed by atoms with Crippen molar-refractivity contribution in [1.29, 1.82) is 0 Å². The molecule has 1 aromatic heterocycles. The van der Waals surface area contributed by atoms with Crippen LogP contribution in [0.4, 0.5) is 13.2 Å². The van der Waals surface area contributed by atoms with Gasteiger partial charge >= 0.3 is 6.18 Å². The van der Waals surface area contributed by atoms with Crippen LogP contribution in [0.5, 0.6) is 0 Å². The molecule has 146 valence electrons. The zero-order chi connectivity index (χ0) is 19.3. The number of alkyl halides is 3. The monoisotopic (exact) mass is 381 g/mol. The zero-order valence-electron chi connectivity index (χ0n) is 14.8. The maximum Gasteiger partial charge on any atom is 0.416 e. The molecule has 1 aromatic carbocycles. The van der Waals surface area contributed by atoms with Gasteiger partial charge in [0.15, 0.2) is 5.69 Å². The molecule has 0 aliphatic carbocycles. The van der Waals surface area contributed by atoms with Crippen LogP contribution in [0.1, 0.15) is 47.3 Å². The number of aryl methyl sites for hydroxylation is 1. The number of carbonyl (C=O) groups is 1. The van der Waals surface area contributed by atoms with E-state index >= 15 is 0 Å². The van der Waals surface area contributed by atoms with Crippen LogP contribution < -0.4 is 10.6 Å². The number of hydrogen-bond acceptors (Lipinski definition) is 4. The highest BCUT2D eigenvalue weighted by molar-refractivity contribution is 5.91. The molecule has 2 N–H and O–H groups in total. The molecule has 0 radical (unpaired) electrons. The molecular formula is C18H22F3N5O. The lowest BCUT2D eigenvalue weighted by atomic mass is 10.0. The van der Waals surface area contributed by atoms with Crippen LogP contribution in [0, 0.1) is 0 Å². The average molecular weight is 381 g/mol. The highest BCUT2D eigenvalue weighted by Gasteiger charge is 2.29. The molecule has 0 bridgehead atoms. The minimum Gasteiger partial charge on any atom is -0.347 e. The van der Waals surface area contributed by atoms with Crippen molar-refractivity contribution < 1.29 is 18.0 Å². The van der Waals surface area contributed by atoms with Crippen molar-refractivity contribution in [1.82, 2.24) is 25.6 Å². The Morgan fingerprint density at radius 1 is 1.26 bits per heavy atom. The first kappa shape index (κ1) is 19.3. The average Bonchev–Trinajstić information content (AvgIpc) is 3.14. The Bertz CT molecular complexity index is 751. The standard InChI is InChI=1S/C18H22F3N5O/c19-18(20,21)14-6-4-13(5-7-14)11-23-17(27)16-12-26(25-24-16)10-8-15-3-1-2-9-22-15/h4-7,12,15,22H,1-3,8-11H2,(H,23,27). The first-order chi connectivity index (χ1) is 12.9. The third-order valence-electron chi connectivity index (χ3n) is 4.62. The Balaban J connectivity index is 1.47.